The minimum absolute atomic E-state index is 0.0308. The Kier molecular flexibility index (Phi) is 4.77. The Morgan fingerprint density at radius 2 is 1.63 bits per heavy atom. The molecule has 4 rings (SSSR count). The van der Waals surface area contributed by atoms with Gasteiger partial charge in [0.1, 0.15) is 17.0 Å². The van der Waals surface area contributed by atoms with Crippen LogP contribution in [0.3, 0.4) is 0 Å². The van der Waals surface area contributed by atoms with Crippen LogP contribution in [0.5, 0.6) is 0 Å². The van der Waals surface area contributed by atoms with Crippen LogP contribution in [0, 0.1) is 6.92 Å². The number of carbonyl (C=O) groups excluding carboxylic acids is 2. The zero-order valence-electron chi connectivity index (χ0n) is 14.9. The van der Waals surface area contributed by atoms with Crippen LogP contribution >= 0.6 is 11.3 Å². The molecule has 0 bridgehead atoms. The van der Waals surface area contributed by atoms with Gasteiger partial charge in [-0.3, -0.25) is 9.59 Å². The van der Waals surface area contributed by atoms with Crippen LogP contribution in [-0.2, 0) is 0 Å². The molecule has 0 radical (unpaired) electrons. The summed E-state index contributed by atoms with van der Waals surface area (Å²) in [4.78, 5) is 29.9. The quantitative estimate of drug-likeness (QED) is 0.698. The highest BCUT2D eigenvalue weighted by Crippen LogP contribution is 2.27. The van der Waals surface area contributed by atoms with Crippen molar-refractivity contribution in [1.29, 1.82) is 0 Å². The van der Waals surface area contributed by atoms with Gasteiger partial charge >= 0.3 is 0 Å². The van der Waals surface area contributed by atoms with Gasteiger partial charge in [0.2, 0.25) is 0 Å². The summed E-state index contributed by atoms with van der Waals surface area (Å²) in [5, 5.41) is 5.99. The minimum atomic E-state index is -0.101. The van der Waals surface area contributed by atoms with Gasteiger partial charge in [-0.25, -0.2) is 0 Å². The lowest BCUT2D eigenvalue weighted by Crippen LogP contribution is -2.50. The molecule has 0 unspecified atom stereocenters. The standard InChI is InChI=1S/C20H19N3O3S/c1-14-17(18(21-26-14)15-6-3-2-4-7-15)20(25)23-11-9-22(10-12-23)19(24)16-8-5-13-27-16/h2-8,13H,9-12H2,1H3. The molecule has 1 saturated heterocycles. The van der Waals surface area contributed by atoms with E-state index in [-0.39, 0.29) is 11.8 Å². The Hall–Kier alpha value is -2.93. The topological polar surface area (TPSA) is 66.7 Å². The van der Waals surface area contributed by atoms with Gasteiger partial charge in [-0.2, -0.15) is 0 Å². The summed E-state index contributed by atoms with van der Waals surface area (Å²) in [6, 6.07) is 13.2. The van der Waals surface area contributed by atoms with E-state index >= 15 is 0 Å². The summed E-state index contributed by atoms with van der Waals surface area (Å²) >= 11 is 1.44. The number of thiophene rings is 1. The van der Waals surface area contributed by atoms with E-state index < -0.39 is 0 Å². The van der Waals surface area contributed by atoms with E-state index in [0.29, 0.717) is 43.2 Å². The Morgan fingerprint density at radius 3 is 2.26 bits per heavy atom. The predicted octanol–water partition coefficient (Wildman–Crippen LogP) is 3.31. The van der Waals surface area contributed by atoms with E-state index in [9.17, 15) is 9.59 Å². The Morgan fingerprint density at radius 1 is 0.963 bits per heavy atom. The SMILES string of the molecule is Cc1onc(-c2ccccc2)c1C(=O)N1CCN(C(=O)c2cccs2)CC1. The van der Waals surface area contributed by atoms with E-state index in [2.05, 4.69) is 5.16 Å². The maximum atomic E-state index is 13.1. The van der Waals surface area contributed by atoms with Crippen molar-refractivity contribution in [2.45, 2.75) is 6.92 Å². The summed E-state index contributed by atoms with van der Waals surface area (Å²) < 4.78 is 5.31. The first-order valence-electron chi connectivity index (χ1n) is 8.79. The van der Waals surface area contributed by atoms with Crippen LogP contribution in [-0.4, -0.2) is 52.9 Å². The largest absolute Gasteiger partial charge is 0.360 e. The normalized spacial score (nSPS) is 14.4. The molecular formula is C20H19N3O3S. The van der Waals surface area contributed by atoms with E-state index in [4.69, 9.17) is 4.52 Å². The minimum Gasteiger partial charge on any atom is -0.360 e. The van der Waals surface area contributed by atoms with E-state index in [1.807, 2.05) is 47.8 Å². The van der Waals surface area contributed by atoms with E-state index in [1.165, 1.54) is 11.3 Å². The van der Waals surface area contributed by atoms with Crippen molar-refractivity contribution in [3.05, 3.63) is 64.0 Å². The number of aromatic nitrogens is 1. The maximum Gasteiger partial charge on any atom is 0.264 e. The molecule has 0 atom stereocenters. The molecule has 138 valence electrons. The van der Waals surface area contributed by atoms with Crippen LogP contribution in [0.1, 0.15) is 25.8 Å². The number of amides is 2. The highest BCUT2D eigenvalue weighted by atomic mass is 32.1. The summed E-state index contributed by atoms with van der Waals surface area (Å²) in [7, 11) is 0. The molecule has 2 aromatic heterocycles. The first kappa shape index (κ1) is 17.5. The van der Waals surface area contributed by atoms with Gasteiger partial charge in [0.05, 0.1) is 4.88 Å². The number of aryl methyl sites for hydroxylation is 1. The lowest BCUT2D eigenvalue weighted by molar-refractivity contribution is 0.0537. The molecule has 1 aliphatic heterocycles. The van der Waals surface area contributed by atoms with Gasteiger partial charge in [0, 0.05) is 31.7 Å². The second kappa shape index (κ2) is 7.36. The molecule has 0 saturated carbocycles. The van der Waals surface area contributed by atoms with Gasteiger partial charge in [-0.1, -0.05) is 41.6 Å². The van der Waals surface area contributed by atoms with Gasteiger partial charge in [0.25, 0.3) is 11.8 Å². The van der Waals surface area contributed by atoms with Crippen molar-refractivity contribution in [2.75, 3.05) is 26.2 Å². The van der Waals surface area contributed by atoms with Crippen molar-refractivity contribution < 1.29 is 14.1 Å². The second-order valence-corrected chi connectivity index (χ2v) is 7.34. The molecule has 0 spiro atoms. The molecule has 2 amide bonds. The third-order valence-electron chi connectivity index (χ3n) is 4.71. The smallest absolute Gasteiger partial charge is 0.264 e. The first-order valence-corrected chi connectivity index (χ1v) is 9.67. The zero-order valence-corrected chi connectivity index (χ0v) is 15.7. The number of nitrogens with zero attached hydrogens (tertiary/aromatic N) is 3. The molecule has 3 heterocycles. The van der Waals surface area contributed by atoms with Crippen molar-refractivity contribution in [3.63, 3.8) is 0 Å². The van der Waals surface area contributed by atoms with Crippen LogP contribution in [0.25, 0.3) is 11.3 Å². The summed E-state index contributed by atoms with van der Waals surface area (Å²) in [6.07, 6.45) is 0. The third kappa shape index (κ3) is 3.38. The number of carbonyl (C=O) groups is 2. The molecule has 0 aliphatic carbocycles. The van der Waals surface area contributed by atoms with E-state index in [0.717, 1.165) is 10.4 Å². The van der Waals surface area contributed by atoms with Crippen molar-refractivity contribution in [1.82, 2.24) is 15.0 Å². The molecule has 27 heavy (non-hydrogen) atoms. The summed E-state index contributed by atoms with van der Waals surface area (Å²) in [5.41, 5.74) is 1.92. The molecule has 0 N–H and O–H groups in total. The molecular weight excluding hydrogens is 362 g/mol. The summed E-state index contributed by atoms with van der Waals surface area (Å²) in [6.45, 7) is 3.79. The number of hydrogen-bond donors (Lipinski definition) is 0. The molecule has 6 nitrogen and oxygen atoms in total. The van der Waals surface area contributed by atoms with Gasteiger partial charge in [0.15, 0.2) is 0 Å². The Bertz CT molecular complexity index is 942. The molecule has 3 aromatic rings. The maximum absolute atomic E-state index is 13.1. The molecule has 1 aliphatic rings. The van der Waals surface area contributed by atoms with Crippen LogP contribution in [0.4, 0.5) is 0 Å². The monoisotopic (exact) mass is 381 g/mol. The van der Waals surface area contributed by atoms with Gasteiger partial charge in [-0.15, -0.1) is 11.3 Å². The molecule has 1 fully saturated rings. The van der Waals surface area contributed by atoms with Gasteiger partial charge < -0.3 is 14.3 Å². The van der Waals surface area contributed by atoms with Crippen molar-refractivity contribution in [3.8, 4) is 11.3 Å². The van der Waals surface area contributed by atoms with Crippen LogP contribution in [0.2, 0.25) is 0 Å². The Balaban J connectivity index is 1.49. The third-order valence-corrected chi connectivity index (χ3v) is 5.57. The first-order chi connectivity index (χ1) is 13.1. The number of benzene rings is 1. The average Bonchev–Trinajstić information content (AvgIpc) is 3.38. The lowest BCUT2D eigenvalue weighted by Gasteiger charge is -2.34. The lowest BCUT2D eigenvalue weighted by atomic mass is 10.0. The Labute approximate surface area is 161 Å². The average molecular weight is 381 g/mol. The number of hydrogen-bond acceptors (Lipinski definition) is 5. The van der Waals surface area contributed by atoms with Crippen molar-refractivity contribution in [2.24, 2.45) is 0 Å². The fourth-order valence-electron chi connectivity index (χ4n) is 3.24. The predicted molar refractivity (Wildman–Crippen MR) is 103 cm³/mol. The zero-order chi connectivity index (χ0) is 18.8. The number of piperazine rings is 1. The van der Waals surface area contributed by atoms with Gasteiger partial charge in [-0.05, 0) is 18.4 Å². The van der Waals surface area contributed by atoms with Crippen LogP contribution in [0.15, 0.2) is 52.4 Å². The highest BCUT2D eigenvalue weighted by molar-refractivity contribution is 7.12. The highest BCUT2D eigenvalue weighted by Gasteiger charge is 2.30. The molecule has 7 heteroatoms. The fraction of sp³-hybridized carbons (Fsp3) is 0.250. The van der Waals surface area contributed by atoms with Crippen LogP contribution < -0.4 is 0 Å². The molecule has 1 aromatic carbocycles. The fourth-order valence-corrected chi connectivity index (χ4v) is 3.93. The summed E-state index contributed by atoms with van der Waals surface area (Å²) in [5.74, 6) is 0.440. The van der Waals surface area contributed by atoms with Crippen molar-refractivity contribution >= 4 is 23.2 Å². The second-order valence-electron chi connectivity index (χ2n) is 6.39. The number of rotatable bonds is 3. The van der Waals surface area contributed by atoms with E-state index in [1.54, 1.807) is 16.7 Å².